The van der Waals surface area contributed by atoms with E-state index in [1.54, 1.807) is 14.2 Å². The molecule has 0 aliphatic carbocycles. The molecule has 106 valence electrons. The van der Waals surface area contributed by atoms with Crippen molar-refractivity contribution >= 4 is 44.2 Å². The molecule has 7 heteroatoms. The number of carbonyl (C=O) groups excluding carboxylic acids is 1. The van der Waals surface area contributed by atoms with Gasteiger partial charge in [0.05, 0.1) is 22.8 Å². The van der Waals surface area contributed by atoms with Crippen LogP contribution >= 0.6 is 22.9 Å². The van der Waals surface area contributed by atoms with Gasteiger partial charge in [0.25, 0.3) is 0 Å². The molecule has 0 bridgehead atoms. The number of thiazole rings is 1. The number of carbonyl (C=O) groups is 1. The van der Waals surface area contributed by atoms with E-state index in [4.69, 9.17) is 16.3 Å². The maximum atomic E-state index is 11.5. The Kier molecular flexibility index (Phi) is 3.43. The number of nitrogens with zero attached hydrogens (tertiary/aromatic N) is 2. The number of nitrogens with one attached hydrogen (secondary N) is 1. The zero-order valence-corrected chi connectivity index (χ0v) is 12.7. The third kappa shape index (κ3) is 2.09. The van der Waals surface area contributed by atoms with Crippen molar-refractivity contribution in [3.05, 3.63) is 17.2 Å². The molecule has 1 aromatic carbocycles. The number of methoxy groups -OCH3 is 1. The lowest BCUT2D eigenvalue weighted by Gasteiger charge is -2.37. The van der Waals surface area contributed by atoms with E-state index < -0.39 is 0 Å². The summed E-state index contributed by atoms with van der Waals surface area (Å²) in [5.74, 6) is 0.845. The highest BCUT2D eigenvalue weighted by atomic mass is 35.5. The Labute approximate surface area is 125 Å². The van der Waals surface area contributed by atoms with E-state index in [2.05, 4.69) is 15.2 Å². The first-order chi connectivity index (χ1) is 9.63. The van der Waals surface area contributed by atoms with Crippen molar-refractivity contribution in [3.63, 3.8) is 0 Å². The van der Waals surface area contributed by atoms with Gasteiger partial charge in [-0.1, -0.05) is 22.9 Å². The molecule has 1 aromatic heterocycles. The number of fused-ring (bicyclic) bond motifs is 1. The van der Waals surface area contributed by atoms with Crippen LogP contribution in [0.25, 0.3) is 10.2 Å². The van der Waals surface area contributed by atoms with E-state index in [1.807, 2.05) is 12.1 Å². The quantitative estimate of drug-likeness (QED) is 0.943. The summed E-state index contributed by atoms with van der Waals surface area (Å²) in [6, 6.07) is 3.63. The summed E-state index contributed by atoms with van der Waals surface area (Å²) >= 11 is 7.73. The second kappa shape index (κ2) is 5.10. The van der Waals surface area contributed by atoms with Crippen molar-refractivity contribution in [1.82, 2.24) is 10.3 Å². The molecule has 5 nitrogen and oxygen atoms in total. The summed E-state index contributed by atoms with van der Waals surface area (Å²) in [6.07, 6.45) is 0. The van der Waals surface area contributed by atoms with Gasteiger partial charge in [-0.15, -0.1) is 0 Å². The summed E-state index contributed by atoms with van der Waals surface area (Å²) in [6.45, 7) is 1.39. The van der Waals surface area contributed by atoms with Crippen molar-refractivity contribution in [2.24, 2.45) is 5.92 Å². The van der Waals surface area contributed by atoms with Gasteiger partial charge in [0, 0.05) is 20.1 Å². The highest BCUT2D eigenvalue weighted by molar-refractivity contribution is 7.22. The number of halogens is 1. The molecular weight excluding hydrogens is 298 g/mol. The zero-order valence-electron chi connectivity index (χ0n) is 11.1. The first-order valence-corrected chi connectivity index (χ1v) is 7.43. The lowest BCUT2D eigenvalue weighted by atomic mass is 10.0. The Morgan fingerprint density at radius 2 is 2.30 bits per heavy atom. The van der Waals surface area contributed by atoms with Crippen LogP contribution in [0, 0.1) is 5.92 Å². The fraction of sp³-hybridized carbons (Fsp3) is 0.385. The maximum absolute atomic E-state index is 11.5. The summed E-state index contributed by atoms with van der Waals surface area (Å²) in [5, 5.41) is 4.22. The number of amides is 1. The molecule has 2 aromatic rings. The molecule has 0 radical (unpaired) electrons. The first kappa shape index (κ1) is 13.5. The molecule has 1 aliphatic heterocycles. The minimum absolute atomic E-state index is 0.0457. The Morgan fingerprint density at radius 1 is 1.55 bits per heavy atom. The predicted octanol–water partition coefficient (Wildman–Crippen LogP) is 2.14. The normalized spacial score (nSPS) is 15.2. The summed E-state index contributed by atoms with van der Waals surface area (Å²) < 4.78 is 6.23. The van der Waals surface area contributed by atoms with Gasteiger partial charge in [-0.25, -0.2) is 4.98 Å². The third-order valence-electron chi connectivity index (χ3n) is 3.44. The van der Waals surface area contributed by atoms with Crippen LogP contribution in [0.4, 0.5) is 5.13 Å². The first-order valence-electron chi connectivity index (χ1n) is 6.23. The number of rotatable bonds is 3. The minimum Gasteiger partial charge on any atom is -0.494 e. The monoisotopic (exact) mass is 311 g/mol. The van der Waals surface area contributed by atoms with Crippen LogP contribution in [0.1, 0.15) is 0 Å². The Hall–Kier alpha value is -1.53. The highest BCUT2D eigenvalue weighted by Gasteiger charge is 2.34. The molecule has 1 amide bonds. The van der Waals surface area contributed by atoms with E-state index in [-0.39, 0.29) is 11.8 Å². The number of hydrogen-bond acceptors (Lipinski definition) is 5. The van der Waals surface area contributed by atoms with Crippen LogP contribution in [0.2, 0.25) is 5.02 Å². The van der Waals surface area contributed by atoms with Gasteiger partial charge in [0.2, 0.25) is 5.91 Å². The van der Waals surface area contributed by atoms with Gasteiger partial charge in [0.15, 0.2) is 5.13 Å². The zero-order chi connectivity index (χ0) is 14.3. The molecule has 20 heavy (non-hydrogen) atoms. The molecule has 1 saturated heterocycles. The average Bonchev–Trinajstić information content (AvgIpc) is 2.83. The number of anilines is 1. The van der Waals surface area contributed by atoms with Crippen LogP contribution in [-0.2, 0) is 4.79 Å². The van der Waals surface area contributed by atoms with Gasteiger partial charge in [-0.3, -0.25) is 4.79 Å². The van der Waals surface area contributed by atoms with Crippen LogP contribution in [0.5, 0.6) is 5.75 Å². The van der Waals surface area contributed by atoms with E-state index in [0.717, 1.165) is 21.1 Å². The molecule has 0 atom stereocenters. The van der Waals surface area contributed by atoms with Crippen LogP contribution < -0.4 is 15.0 Å². The molecule has 1 N–H and O–H groups in total. The summed E-state index contributed by atoms with van der Waals surface area (Å²) in [7, 11) is 3.28. The number of hydrogen-bond donors (Lipinski definition) is 1. The lowest BCUT2D eigenvalue weighted by molar-refractivity contribution is -0.125. The van der Waals surface area contributed by atoms with Gasteiger partial charge in [-0.05, 0) is 12.1 Å². The van der Waals surface area contributed by atoms with Crippen molar-refractivity contribution < 1.29 is 9.53 Å². The van der Waals surface area contributed by atoms with Gasteiger partial charge >= 0.3 is 0 Å². The fourth-order valence-corrected chi connectivity index (χ4v) is 3.52. The number of benzene rings is 1. The second-order valence-corrected chi connectivity index (χ2v) is 6.02. The molecule has 3 rings (SSSR count). The van der Waals surface area contributed by atoms with Gasteiger partial charge in [-0.2, -0.15) is 0 Å². The molecule has 0 unspecified atom stereocenters. The SMILES string of the molecule is CNC(=O)C1CN(c2nc3c(OC)ccc(Cl)c3s2)C1. The van der Waals surface area contributed by atoms with Gasteiger partial charge < -0.3 is 15.0 Å². The Balaban J connectivity index is 1.88. The van der Waals surface area contributed by atoms with Crippen molar-refractivity contribution in [1.29, 1.82) is 0 Å². The largest absolute Gasteiger partial charge is 0.494 e. The van der Waals surface area contributed by atoms with E-state index >= 15 is 0 Å². The fourth-order valence-electron chi connectivity index (χ4n) is 2.25. The van der Waals surface area contributed by atoms with Crippen molar-refractivity contribution in [2.45, 2.75) is 0 Å². The summed E-state index contributed by atoms with van der Waals surface area (Å²) in [5.41, 5.74) is 0.781. The van der Waals surface area contributed by atoms with Crippen molar-refractivity contribution in [3.8, 4) is 5.75 Å². The molecular formula is C13H14ClN3O2S. The average molecular weight is 312 g/mol. The third-order valence-corrected chi connectivity index (χ3v) is 5.01. The number of aromatic nitrogens is 1. The van der Waals surface area contributed by atoms with Crippen LogP contribution in [0.15, 0.2) is 12.1 Å². The topological polar surface area (TPSA) is 54.5 Å². The van der Waals surface area contributed by atoms with Gasteiger partial charge in [0.1, 0.15) is 11.3 Å². The smallest absolute Gasteiger partial charge is 0.226 e. The van der Waals surface area contributed by atoms with E-state index in [1.165, 1.54) is 11.3 Å². The molecule has 1 aliphatic rings. The lowest BCUT2D eigenvalue weighted by Crippen LogP contribution is -2.53. The number of ether oxygens (including phenoxy) is 1. The van der Waals surface area contributed by atoms with Crippen molar-refractivity contribution in [2.75, 3.05) is 32.1 Å². The highest BCUT2D eigenvalue weighted by Crippen LogP contribution is 2.40. The van der Waals surface area contributed by atoms with Crippen LogP contribution in [0.3, 0.4) is 0 Å². The Morgan fingerprint density at radius 3 is 2.95 bits per heavy atom. The molecule has 0 saturated carbocycles. The Bertz CT molecular complexity index is 667. The molecule has 1 fully saturated rings. The van der Waals surface area contributed by atoms with Crippen LogP contribution in [-0.4, -0.2) is 38.1 Å². The minimum atomic E-state index is 0.0457. The van der Waals surface area contributed by atoms with E-state index in [0.29, 0.717) is 18.1 Å². The standard InChI is InChI=1S/C13H14ClN3O2S/c1-15-12(18)7-5-17(6-7)13-16-10-9(19-2)4-3-8(14)11(10)20-13/h3-4,7H,5-6H2,1-2H3,(H,15,18). The molecule has 0 spiro atoms. The summed E-state index contributed by atoms with van der Waals surface area (Å²) in [4.78, 5) is 18.2. The molecule has 2 heterocycles. The van der Waals surface area contributed by atoms with E-state index in [9.17, 15) is 4.79 Å². The maximum Gasteiger partial charge on any atom is 0.226 e. The second-order valence-electron chi connectivity index (χ2n) is 4.64. The predicted molar refractivity (Wildman–Crippen MR) is 81.0 cm³/mol.